The maximum atomic E-state index is 12.3. The Morgan fingerprint density at radius 2 is 2.00 bits per heavy atom. The normalized spacial score (nSPS) is 26.5. The van der Waals surface area contributed by atoms with Gasteiger partial charge in [-0.2, -0.15) is 0 Å². The maximum absolute atomic E-state index is 12.3. The minimum Gasteiger partial charge on any atom is -0.378 e. The van der Waals surface area contributed by atoms with Gasteiger partial charge >= 0.3 is 0 Å². The topological polar surface area (TPSA) is 41.6 Å². The number of likely N-dealkylation sites (tertiary alicyclic amines) is 1. The van der Waals surface area contributed by atoms with E-state index in [4.69, 9.17) is 4.74 Å². The van der Waals surface area contributed by atoms with Crippen LogP contribution in [0.3, 0.4) is 0 Å². The second kappa shape index (κ2) is 6.23. The van der Waals surface area contributed by atoms with E-state index in [9.17, 15) is 4.79 Å². The molecular formula is C15H28N2O2. The summed E-state index contributed by atoms with van der Waals surface area (Å²) in [4.78, 5) is 14.3. The molecule has 2 rings (SSSR count). The highest BCUT2D eigenvalue weighted by Gasteiger charge is 2.31. The summed E-state index contributed by atoms with van der Waals surface area (Å²) >= 11 is 0. The quantitative estimate of drug-likeness (QED) is 0.828. The summed E-state index contributed by atoms with van der Waals surface area (Å²) in [5.41, 5.74) is 0.369. The fourth-order valence-corrected chi connectivity index (χ4v) is 3.09. The summed E-state index contributed by atoms with van der Waals surface area (Å²) in [6.07, 6.45) is 2.87. The van der Waals surface area contributed by atoms with Crippen molar-refractivity contribution >= 4 is 5.91 Å². The number of morpholine rings is 1. The van der Waals surface area contributed by atoms with Crippen molar-refractivity contribution in [2.24, 2.45) is 11.3 Å². The Hall–Kier alpha value is -0.610. The minimum absolute atomic E-state index is 0.210. The summed E-state index contributed by atoms with van der Waals surface area (Å²) in [6.45, 7) is 11.1. The van der Waals surface area contributed by atoms with Crippen LogP contribution in [-0.4, -0.2) is 49.7 Å². The summed E-state index contributed by atoms with van der Waals surface area (Å²) in [5.74, 6) is 1.03. The molecule has 2 heterocycles. The summed E-state index contributed by atoms with van der Waals surface area (Å²) < 4.78 is 5.40. The van der Waals surface area contributed by atoms with Gasteiger partial charge in [-0.3, -0.25) is 4.79 Å². The van der Waals surface area contributed by atoms with Gasteiger partial charge in [0.15, 0.2) is 0 Å². The van der Waals surface area contributed by atoms with Gasteiger partial charge in [-0.15, -0.1) is 0 Å². The average molecular weight is 268 g/mol. The number of hydrogen-bond acceptors (Lipinski definition) is 3. The molecule has 0 spiro atoms. The van der Waals surface area contributed by atoms with Gasteiger partial charge in [0.05, 0.1) is 13.2 Å². The van der Waals surface area contributed by atoms with Crippen LogP contribution in [0.4, 0.5) is 0 Å². The summed E-state index contributed by atoms with van der Waals surface area (Å²) in [5, 5.41) is 3.35. The first-order chi connectivity index (χ1) is 8.97. The van der Waals surface area contributed by atoms with E-state index < -0.39 is 0 Å². The smallest absolute Gasteiger partial charge is 0.224 e. The Morgan fingerprint density at radius 1 is 1.32 bits per heavy atom. The molecule has 1 amide bonds. The first-order valence-corrected chi connectivity index (χ1v) is 7.55. The SMILES string of the molecule is CC(C)(C)C1CCN(C(=O)CC2COCCN2)CC1. The number of nitrogens with one attached hydrogen (secondary N) is 1. The lowest BCUT2D eigenvalue weighted by Gasteiger charge is -2.39. The van der Waals surface area contributed by atoms with E-state index in [-0.39, 0.29) is 11.9 Å². The Morgan fingerprint density at radius 3 is 2.53 bits per heavy atom. The first kappa shape index (κ1) is 14.8. The van der Waals surface area contributed by atoms with Crippen LogP contribution < -0.4 is 5.32 Å². The van der Waals surface area contributed by atoms with Gasteiger partial charge in [0, 0.05) is 32.1 Å². The minimum atomic E-state index is 0.210. The monoisotopic (exact) mass is 268 g/mol. The zero-order valence-corrected chi connectivity index (χ0v) is 12.6. The van der Waals surface area contributed by atoms with Gasteiger partial charge < -0.3 is 15.0 Å². The predicted octanol–water partition coefficient (Wildman–Crippen LogP) is 1.65. The van der Waals surface area contributed by atoms with Crippen LogP contribution in [-0.2, 0) is 9.53 Å². The van der Waals surface area contributed by atoms with E-state index in [0.717, 1.165) is 45.0 Å². The van der Waals surface area contributed by atoms with Gasteiger partial charge in [0.1, 0.15) is 0 Å². The van der Waals surface area contributed by atoms with Crippen molar-refractivity contribution in [1.82, 2.24) is 10.2 Å². The first-order valence-electron chi connectivity index (χ1n) is 7.55. The molecule has 4 nitrogen and oxygen atoms in total. The molecule has 2 fully saturated rings. The van der Waals surface area contributed by atoms with Crippen LogP contribution >= 0.6 is 0 Å². The molecule has 1 unspecified atom stereocenters. The molecule has 0 aromatic carbocycles. The number of amides is 1. The number of rotatable bonds is 2. The molecule has 2 aliphatic rings. The van der Waals surface area contributed by atoms with E-state index in [2.05, 4.69) is 26.1 Å². The third-order valence-electron chi connectivity index (χ3n) is 4.49. The molecule has 0 aromatic rings. The molecule has 0 aromatic heterocycles. The van der Waals surface area contributed by atoms with E-state index in [1.54, 1.807) is 0 Å². The summed E-state index contributed by atoms with van der Waals surface area (Å²) in [7, 11) is 0. The lowest BCUT2D eigenvalue weighted by atomic mass is 9.75. The predicted molar refractivity (Wildman–Crippen MR) is 76.0 cm³/mol. The fraction of sp³-hybridized carbons (Fsp3) is 0.933. The van der Waals surface area contributed by atoms with Crippen molar-refractivity contribution in [2.75, 3.05) is 32.8 Å². The largest absolute Gasteiger partial charge is 0.378 e. The molecule has 1 atom stereocenters. The molecule has 2 saturated heterocycles. The zero-order chi connectivity index (χ0) is 13.9. The van der Waals surface area contributed by atoms with E-state index in [1.165, 1.54) is 0 Å². The van der Waals surface area contributed by atoms with E-state index in [1.807, 2.05) is 4.90 Å². The molecule has 0 saturated carbocycles. The summed E-state index contributed by atoms with van der Waals surface area (Å²) in [6, 6.07) is 0.210. The molecular weight excluding hydrogens is 240 g/mol. The lowest BCUT2D eigenvalue weighted by Crippen LogP contribution is -2.47. The van der Waals surface area contributed by atoms with Crippen molar-refractivity contribution in [1.29, 1.82) is 0 Å². The van der Waals surface area contributed by atoms with Crippen LogP contribution in [0.2, 0.25) is 0 Å². The number of carbonyl (C=O) groups excluding carboxylic acids is 1. The Labute approximate surface area is 116 Å². The average Bonchev–Trinajstić information content (AvgIpc) is 2.39. The number of ether oxygens (including phenoxy) is 1. The molecule has 0 bridgehead atoms. The number of piperidine rings is 1. The molecule has 110 valence electrons. The Bertz CT molecular complexity index is 298. The van der Waals surface area contributed by atoms with E-state index >= 15 is 0 Å². The number of nitrogens with zero attached hydrogens (tertiary/aromatic N) is 1. The van der Waals surface area contributed by atoms with Crippen LogP contribution in [0.5, 0.6) is 0 Å². The molecule has 4 heteroatoms. The highest BCUT2D eigenvalue weighted by atomic mass is 16.5. The third kappa shape index (κ3) is 4.18. The van der Waals surface area contributed by atoms with Gasteiger partial charge in [-0.05, 0) is 24.2 Å². The highest BCUT2D eigenvalue weighted by molar-refractivity contribution is 5.77. The second-order valence-electron chi connectivity index (χ2n) is 6.95. The van der Waals surface area contributed by atoms with Crippen molar-refractivity contribution < 1.29 is 9.53 Å². The van der Waals surface area contributed by atoms with Crippen LogP contribution in [0.1, 0.15) is 40.0 Å². The number of carbonyl (C=O) groups is 1. The molecule has 19 heavy (non-hydrogen) atoms. The van der Waals surface area contributed by atoms with Gasteiger partial charge in [0.25, 0.3) is 0 Å². The molecule has 2 aliphatic heterocycles. The maximum Gasteiger partial charge on any atom is 0.224 e. The third-order valence-corrected chi connectivity index (χ3v) is 4.49. The van der Waals surface area contributed by atoms with Crippen molar-refractivity contribution in [3.05, 3.63) is 0 Å². The van der Waals surface area contributed by atoms with Crippen molar-refractivity contribution in [3.63, 3.8) is 0 Å². The van der Waals surface area contributed by atoms with Crippen LogP contribution in [0, 0.1) is 11.3 Å². The van der Waals surface area contributed by atoms with Crippen molar-refractivity contribution in [2.45, 2.75) is 46.1 Å². The van der Waals surface area contributed by atoms with Gasteiger partial charge in [-0.25, -0.2) is 0 Å². The Kier molecular flexibility index (Phi) is 4.85. The van der Waals surface area contributed by atoms with Crippen LogP contribution in [0.15, 0.2) is 0 Å². The highest BCUT2D eigenvalue weighted by Crippen LogP contribution is 2.34. The van der Waals surface area contributed by atoms with Gasteiger partial charge in [-0.1, -0.05) is 20.8 Å². The lowest BCUT2D eigenvalue weighted by molar-refractivity contribution is -0.134. The number of hydrogen-bond donors (Lipinski definition) is 1. The molecule has 0 radical (unpaired) electrons. The zero-order valence-electron chi connectivity index (χ0n) is 12.6. The fourth-order valence-electron chi connectivity index (χ4n) is 3.09. The van der Waals surface area contributed by atoms with Crippen molar-refractivity contribution in [3.8, 4) is 0 Å². The molecule has 0 aliphatic carbocycles. The van der Waals surface area contributed by atoms with E-state index in [0.29, 0.717) is 18.4 Å². The standard InChI is InChI=1S/C15H28N2O2/c1-15(2,3)12-4-7-17(8-5-12)14(18)10-13-11-19-9-6-16-13/h12-13,16H,4-11H2,1-3H3. The Balaban J connectivity index is 1.76. The molecule has 1 N–H and O–H groups in total. The van der Waals surface area contributed by atoms with Crippen LogP contribution in [0.25, 0.3) is 0 Å². The second-order valence-corrected chi connectivity index (χ2v) is 6.95. The van der Waals surface area contributed by atoms with Gasteiger partial charge in [0.2, 0.25) is 5.91 Å².